The largest absolute Gasteiger partial charge is 0.311 e. The summed E-state index contributed by atoms with van der Waals surface area (Å²) in [5.41, 5.74) is 0.430. The lowest BCUT2D eigenvalue weighted by Gasteiger charge is -2.52. The Morgan fingerprint density at radius 1 is 1.05 bits per heavy atom. The highest BCUT2D eigenvalue weighted by Crippen LogP contribution is 2.45. The average Bonchev–Trinajstić information content (AvgIpc) is 3.24. The third kappa shape index (κ3) is 2.71. The molecule has 0 spiro atoms. The van der Waals surface area contributed by atoms with Crippen LogP contribution < -0.4 is 5.32 Å². The van der Waals surface area contributed by atoms with Crippen molar-refractivity contribution in [3.8, 4) is 0 Å². The predicted molar refractivity (Wildman–Crippen MR) is 81.3 cm³/mol. The van der Waals surface area contributed by atoms with Gasteiger partial charge in [0.05, 0.1) is 0 Å². The van der Waals surface area contributed by atoms with Crippen LogP contribution in [0, 0.1) is 11.8 Å². The second kappa shape index (κ2) is 5.37. The van der Waals surface area contributed by atoms with Crippen LogP contribution in [-0.4, -0.2) is 35.6 Å². The Kier molecular flexibility index (Phi) is 3.92. The van der Waals surface area contributed by atoms with Gasteiger partial charge in [-0.15, -0.1) is 0 Å². The third-order valence-electron chi connectivity index (χ3n) is 6.07. The Hall–Kier alpha value is -0.0800. The molecule has 2 saturated carbocycles. The van der Waals surface area contributed by atoms with Crippen LogP contribution in [0.5, 0.6) is 0 Å². The van der Waals surface area contributed by atoms with Crippen LogP contribution in [-0.2, 0) is 0 Å². The summed E-state index contributed by atoms with van der Waals surface area (Å²) in [4.78, 5) is 2.83. The first-order valence-electron chi connectivity index (χ1n) is 8.61. The fraction of sp³-hybridized carbons (Fsp3) is 1.00. The summed E-state index contributed by atoms with van der Waals surface area (Å²) in [6.45, 7) is 9.80. The predicted octanol–water partition coefficient (Wildman–Crippen LogP) is 3.42. The Labute approximate surface area is 119 Å². The maximum Gasteiger partial charge on any atom is 0.0337 e. The van der Waals surface area contributed by atoms with E-state index >= 15 is 0 Å². The van der Waals surface area contributed by atoms with Crippen LogP contribution in [0.4, 0.5) is 0 Å². The van der Waals surface area contributed by atoms with E-state index in [2.05, 4.69) is 31.0 Å². The number of rotatable bonds is 3. The quantitative estimate of drug-likeness (QED) is 0.840. The van der Waals surface area contributed by atoms with E-state index in [-0.39, 0.29) is 0 Å². The molecule has 0 aromatic carbocycles. The molecule has 2 aliphatic carbocycles. The molecular weight excluding hydrogens is 232 g/mol. The van der Waals surface area contributed by atoms with E-state index in [1.807, 2.05) is 0 Å². The van der Waals surface area contributed by atoms with E-state index in [9.17, 15) is 0 Å². The van der Waals surface area contributed by atoms with Crippen molar-refractivity contribution in [1.29, 1.82) is 0 Å². The molecule has 1 aliphatic heterocycles. The lowest BCUT2D eigenvalue weighted by atomic mass is 9.80. The monoisotopic (exact) mass is 264 g/mol. The van der Waals surface area contributed by atoms with Crippen molar-refractivity contribution in [3.63, 3.8) is 0 Å². The molecule has 0 aromatic heterocycles. The number of piperazine rings is 1. The average molecular weight is 264 g/mol. The van der Waals surface area contributed by atoms with Gasteiger partial charge in [-0.2, -0.15) is 0 Å². The van der Waals surface area contributed by atoms with Gasteiger partial charge in [-0.05, 0) is 58.3 Å². The Morgan fingerprint density at radius 3 is 2.32 bits per heavy atom. The van der Waals surface area contributed by atoms with Gasteiger partial charge in [-0.1, -0.05) is 19.3 Å². The summed E-state index contributed by atoms with van der Waals surface area (Å²) in [5.74, 6) is 1.90. The van der Waals surface area contributed by atoms with Crippen molar-refractivity contribution in [2.45, 2.75) is 83.3 Å². The van der Waals surface area contributed by atoms with E-state index in [0.717, 1.165) is 17.9 Å². The first-order chi connectivity index (χ1) is 9.11. The van der Waals surface area contributed by atoms with Gasteiger partial charge in [0.25, 0.3) is 0 Å². The Balaban J connectivity index is 1.68. The van der Waals surface area contributed by atoms with Crippen LogP contribution in [0.3, 0.4) is 0 Å². The molecule has 1 heterocycles. The summed E-state index contributed by atoms with van der Waals surface area (Å²) in [6.07, 6.45) is 10.2. The van der Waals surface area contributed by atoms with E-state index in [0.29, 0.717) is 11.6 Å². The zero-order valence-corrected chi connectivity index (χ0v) is 13.1. The first kappa shape index (κ1) is 13.9. The lowest BCUT2D eigenvalue weighted by molar-refractivity contribution is -0.00532. The fourth-order valence-corrected chi connectivity index (χ4v) is 4.66. The van der Waals surface area contributed by atoms with Gasteiger partial charge in [-0.3, -0.25) is 4.90 Å². The van der Waals surface area contributed by atoms with Gasteiger partial charge in [0, 0.05) is 30.7 Å². The molecule has 2 unspecified atom stereocenters. The minimum absolute atomic E-state index is 0.430. The summed E-state index contributed by atoms with van der Waals surface area (Å²) in [5, 5.41) is 3.94. The molecule has 3 fully saturated rings. The van der Waals surface area contributed by atoms with E-state index < -0.39 is 0 Å². The van der Waals surface area contributed by atoms with Crippen molar-refractivity contribution < 1.29 is 0 Å². The molecule has 0 radical (unpaired) electrons. The summed E-state index contributed by atoms with van der Waals surface area (Å²) in [6, 6.07) is 1.45. The molecular formula is C17H32N2. The molecule has 2 nitrogen and oxygen atoms in total. The molecule has 2 heteroatoms. The van der Waals surface area contributed by atoms with Crippen LogP contribution >= 0.6 is 0 Å². The third-order valence-corrected chi connectivity index (χ3v) is 6.07. The van der Waals surface area contributed by atoms with Crippen LogP contribution in [0.25, 0.3) is 0 Å². The van der Waals surface area contributed by atoms with Gasteiger partial charge < -0.3 is 5.32 Å². The zero-order valence-electron chi connectivity index (χ0n) is 13.1. The van der Waals surface area contributed by atoms with Crippen molar-refractivity contribution in [1.82, 2.24) is 10.2 Å². The van der Waals surface area contributed by atoms with E-state index in [4.69, 9.17) is 0 Å². The van der Waals surface area contributed by atoms with E-state index in [1.54, 1.807) is 0 Å². The second-order valence-electron chi connectivity index (χ2n) is 7.76. The molecule has 0 bridgehead atoms. The molecule has 1 N–H and O–H groups in total. The molecule has 3 aliphatic rings. The topological polar surface area (TPSA) is 15.3 Å². The minimum atomic E-state index is 0.430. The Morgan fingerprint density at radius 2 is 1.74 bits per heavy atom. The molecule has 1 saturated heterocycles. The molecule has 0 amide bonds. The number of nitrogens with one attached hydrogen (secondary N) is 1. The normalized spacial score (nSPS) is 38.8. The van der Waals surface area contributed by atoms with Crippen LogP contribution in [0.2, 0.25) is 0 Å². The SMILES string of the molecule is CC(C)N1CC(C2CCCCC2)NCC1(C)C1CC1. The van der Waals surface area contributed by atoms with Crippen molar-refractivity contribution in [2.24, 2.45) is 11.8 Å². The highest BCUT2D eigenvalue weighted by Gasteiger charge is 2.49. The smallest absolute Gasteiger partial charge is 0.0337 e. The van der Waals surface area contributed by atoms with E-state index in [1.165, 1.54) is 58.0 Å². The van der Waals surface area contributed by atoms with Crippen molar-refractivity contribution >= 4 is 0 Å². The minimum Gasteiger partial charge on any atom is -0.311 e. The standard InChI is InChI=1S/C17H32N2/c1-13(2)19-11-16(14-7-5-4-6-8-14)18-12-17(19,3)15-9-10-15/h13-16,18H,4-12H2,1-3H3. The summed E-state index contributed by atoms with van der Waals surface area (Å²) in [7, 11) is 0. The lowest BCUT2D eigenvalue weighted by Crippen LogP contribution is -2.67. The van der Waals surface area contributed by atoms with Gasteiger partial charge in [-0.25, -0.2) is 0 Å². The van der Waals surface area contributed by atoms with Gasteiger partial charge >= 0.3 is 0 Å². The maximum atomic E-state index is 3.94. The van der Waals surface area contributed by atoms with Crippen LogP contribution in [0.1, 0.15) is 65.7 Å². The Bertz CT molecular complexity index is 304. The first-order valence-corrected chi connectivity index (χ1v) is 8.61. The number of hydrogen-bond donors (Lipinski definition) is 1. The molecule has 2 atom stereocenters. The fourth-order valence-electron chi connectivity index (χ4n) is 4.66. The summed E-state index contributed by atoms with van der Waals surface area (Å²) < 4.78 is 0. The van der Waals surface area contributed by atoms with Crippen molar-refractivity contribution in [3.05, 3.63) is 0 Å². The highest BCUT2D eigenvalue weighted by atomic mass is 15.3. The van der Waals surface area contributed by atoms with Gasteiger partial charge in [0.15, 0.2) is 0 Å². The molecule has 110 valence electrons. The highest BCUT2D eigenvalue weighted by molar-refractivity contribution is 5.06. The molecule has 0 aromatic rings. The second-order valence-corrected chi connectivity index (χ2v) is 7.76. The number of hydrogen-bond acceptors (Lipinski definition) is 2. The zero-order chi connectivity index (χ0) is 13.5. The van der Waals surface area contributed by atoms with Gasteiger partial charge in [0.2, 0.25) is 0 Å². The number of nitrogens with zero attached hydrogens (tertiary/aromatic N) is 1. The maximum absolute atomic E-state index is 3.94. The molecule has 3 rings (SSSR count). The van der Waals surface area contributed by atoms with Gasteiger partial charge in [0.1, 0.15) is 0 Å². The molecule has 19 heavy (non-hydrogen) atoms. The summed E-state index contributed by atoms with van der Waals surface area (Å²) >= 11 is 0. The van der Waals surface area contributed by atoms with Crippen LogP contribution in [0.15, 0.2) is 0 Å². The van der Waals surface area contributed by atoms with Crippen molar-refractivity contribution in [2.75, 3.05) is 13.1 Å².